The fraction of sp³-hybridized carbons (Fsp3) is 0.250. The molecule has 0 fully saturated rings. The summed E-state index contributed by atoms with van der Waals surface area (Å²) in [6.07, 6.45) is 3.33. The van der Waals surface area contributed by atoms with Crippen molar-refractivity contribution in [2.75, 3.05) is 19.0 Å². The Kier molecular flexibility index (Phi) is 6.48. The first kappa shape index (κ1) is 22.2. The highest BCUT2D eigenvalue weighted by Crippen LogP contribution is 2.27. The van der Waals surface area contributed by atoms with E-state index in [1.807, 2.05) is 0 Å². The highest BCUT2D eigenvalue weighted by molar-refractivity contribution is 5.97. The number of carbonyl (C=O) groups excluding carboxylic acids is 3. The van der Waals surface area contributed by atoms with E-state index in [4.69, 9.17) is 4.74 Å². The number of nitrogens with zero attached hydrogens (tertiary/aromatic N) is 2. The van der Waals surface area contributed by atoms with E-state index in [0.717, 1.165) is 30.5 Å². The van der Waals surface area contributed by atoms with Crippen LogP contribution in [0.15, 0.2) is 48.5 Å². The van der Waals surface area contributed by atoms with Gasteiger partial charge in [0.05, 0.1) is 5.69 Å². The number of ether oxygens (including phenoxy) is 1. The molecule has 0 radical (unpaired) electrons. The fourth-order valence-corrected chi connectivity index (χ4v) is 3.80. The lowest BCUT2D eigenvalue weighted by Gasteiger charge is -2.14. The quantitative estimate of drug-likeness (QED) is 0.562. The number of carbonyl (C=O) groups is 3. The summed E-state index contributed by atoms with van der Waals surface area (Å²) in [5.74, 6) is -1.78. The molecule has 2 amide bonds. The van der Waals surface area contributed by atoms with Gasteiger partial charge in [-0.2, -0.15) is 5.10 Å². The summed E-state index contributed by atoms with van der Waals surface area (Å²) in [6, 6.07) is 12.2. The number of esters is 1. The number of anilines is 1. The molecule has 2 N–H and O–H groups in total. The smallest absolute Gasteiger partial charge is 0.359 e. The van der Waals surface area contributed by atoms with Crippen LogP contribution in [-0.4, -0.2) is 41.2 Å². The number of aromatic nitrogens is 2. The van der Waals surface area contributed by atoms with Gasteiger partial charge in [-0.25, -0.2) is 13.9 Å². The molecule has 0 unspecified atom stereocenters. The Morgan fingerprint density at radius 1 is 1.03 bits per heavy atom. The SMILES string of the molecule is CNC(=O)c1ccc(NC(=O)COC(=O)c2nn(-c3ccc(F)cc3)c3c2CCCC3)cc1. The van der Waals surface area contributed by atoms with Crippen molar-refractivity contribution in [3.63, 3.8) is 0 Å². The number of rotatable bonds is 6. The van der Waals surface area contributed by atoms with E-state index in [1.165, 1.54) is 19.2 Å². The standard InChI is InChI=1S/C24H23FN4O4/c1-26-23(31)15-6-10-17(11-7-15)27-21(30)14-33-24(32)22-19-4-2-3-5-20(19)29(28-22)18-12-8-16(25)9-13-18/h6-13H,2-5,14H2,1H3,(H,26,31)(H,27,30). The van der Waals surface area contributed by atoms with Gasteiger partial charge in [0.25, 0.3) is 11.8 Å². The van der Waals surface area contributed by atoms with Gasteiger partial charge in [0, 0.05) is 29.6 Å². The number of fused-ring (bicyclic) bond motifs is 1. The molecular formula is C24H23FN4O4. The maximum Gasteiger partial charge on any atom is 0.359 e. The van der Waals surface area contributed by atoms with Crippen LogP contribution in [0.5, 0.6) is 0 Å². The Bertz CT molecular complexity index is 1190. The summed E-state index contributed by atoms with van der Waals surface area (Å²) < 4.78 is 20.2. The zero-order valence-electron chi connectivity index (χ0n) is 18.1. The van der Waals surface area contributed by atoms with Crippen LogP contribution in [0.1, 0.15) is 44.9 Å². The van der Waals surface area contributed by atoms with E-state index in [2.05, 4.69) is 15.7 Å². The molecule has 3 aromatic rings. The van der Waals surface area contributed by atoms with Gasteiger partial charge in [-0.1, -0.05) is 0 Å². The molecule has 1 aromatic heterocycles. The number of hydrogen-bond acceptors (Lipinski definition) is 5. The number of nitrogens with one attached hydrogen (secondary N) is 2. The van der Waals surface area contributed by atoms with E-state index < -0.39 is 18.5 Å². The molecule has 0 bridgehead atoms. The average Bonchev–Trinajstić information content (AvgIpc) is 3.23. The maximum atomic E-state index is 13.3. The molecule has 1 aliphatic rings. The van der Waals surface area contributed by atoms with E-state index >= 15 is 0 Å². The first-order chi connectivity index (χ1) is 16.0. The van der Waals surface area contributed by atoms with Gasteiger partial charge in [-0.3, -0.25) is 9.59 Å². The van der Waals surface area contributed by atoms with Gasteiger partial charge < -0.3 is 15.4 Å². The van der Waals surface area contributed by atoms with Crippen LogP contribution in [-0.2, 0) is 22.4 Å². The molecule has 1 heterocycles. The second kappa shape index (κ2) is 9.64. The van der Waals surface area contributed by atoms with Gasteiger partial charge in [0.2, 0.25) is 0 Å². The van der Waals surface area contributed by atoms with Crippen molar-refractivity contribution in [1.82, 2.24) is 15.1 Å². The molecule has 9 heteroatoms. The van der Waals surface area contributed by atoms with Crippen LogP contribution in [0.25, 0.3) is 5.69 Å². The van der Waals surface area contributed by atoms with Crippen molar-refractivity contribution in [2.24, 2.45) is 0 Å². The summed E-state index contributed by atoms with van der Waals surface area (Å²) in [6.45, 7) is -0.478. The minimum Gasteiger partial charge on any atom is -0.451 e. The summed E-state index contributed by atoms with van der Waals surface area (Å²) in [4.78, 5) is 36.6. The molecule has 170 valence electrons. The Labute approximate surface area is 189 Å². The zero-order chi connectivity index (χ0) is 23.4. The first-order valence-corrected chi connectivity index (χ1v) is 10.6. The highest BCUT2D eigenvalue weighted by atomic mass is 19.1. The lowest BCUT2D eigenvalue weighted by Crippen LogP contribution is -2.22. The Balaban J connectivity index is 1.43. The Morgan fingerprint density at radius 2 is 1.73 bits per heavy atom. The molecule has 0 aliphatic heterocycles. The molecule has 33 heavy (non-hydrogen) atoms. The minimum absolute atomic E-state index is 0.178. The van der Waals surface area contributed by atoms with Gasteiger partial charge in [-0.05, 0) is 74.2 Å². The fourth-order valence-electron chi connectivity index (χ4n) is 3.80. The van der Waals surface area contributed by atoms with E-state index in [9.17, 15) is 18.8 Å². The summed E-state index contributed by atoms with van der Waals surface area (Å²) in [7, 11) is 1.53. The molecule has 8 nitrogen and oxygen atoms in total. The molecule has 1 aliphatic carbocycles. The third-order valence-corrected chi connectivity index (χ3v) is 5.44. The third-order valence-electron chi connectivity index (χ3n) is 5.44. The lowest BCUT2D eigenvalue weighted by molar-refractivity contribution is -0.119. The normalized spacial score (nSPS) is 12.5. The van der Waals surface area contributed by atoms with Crippen LogP contribution < -0.4 is 10.6 Å². The topological polar surface area (TPSA) is 102 Å². The predicted molar refractivity (Wildman–Crippen MR) is 119 cm³/mol. The molecule has 0 saturated heterocycles. The van der Waals surface area contributed by atoms with Crippen molar-refractivity contribution in [1.29, 1.82) is 0 Å². The molecule has 0 atom stereocenters. The lowest BCUT2D eigenvalue weighted by atomic mass is 9.95. The zero-order valence-corrected chi connectivity index (χ0v) is 18.1. The van der Waals surface area contributed by atoms with Crippen LogP contribution in [0, 0.1) is 5.82 Å². The maximum absolute atomic E-state index is 13.3. The van der Waals surface area contributed by atoms with Crippen LogP contribution in [0.3, 0.4) is 0 Å². The molecule has 2 aromatic carbocycles. The average molecular weight is 450 g/mol. The monoisotopic (exact) mass is 450 g/mol. The molecule has 0 saturated carbocycles. The van der Waals surface area contributed by atoms with Gasteiger partial charge in [-0.15, -0.1) is 0 Å². The molecule has 4 rings (SSSR count). The third kappa shape index (κ3) is 4.92. The largest absolute Gasteiger partial charge is 0.451 e. The van der Waals surface area contributed by atoms with Crippen LogP contribution in [0.4, 0.5) is 10.1 Å². The van der Waals surface area contributed by atoms with Crippen molar-refractivity contribution < 1.29 is 23.5 Å². The highest BCUT2D eigenvalue weighted by Gasteiger charge is 2.27. The Hall–Kier alpha value is -4.01. The summed E-state index contributed by atoms with van der Waals surface area (Å²) in [5.41, 5.74) is 3.48. The second-order valence-corrected chi connectivity index (χ2v) is 7.65. The summed E-state index contributed by atoms with van der Waals surface area (Å²) >= 11 is 0. The van der Waals surface area contributed by atoms with Crippen LogP contribution >= 0.6 is 0 Å². The van der Waals surface area contributed by atoms with Crippen LogP contribution in [0.2, 0.25) is 0 Å². The van der Waals surface area contributed by atoms with Crippen molar-refractivity contribution >= 4 is 23.5 Å². The second-order valence-electron chi connectivity index (χ2n) is 7.65. The number of amides is 2. The van der Waals surface area contributed by atoms with E-state index in [-0.39, 0.29) is 17.4 Å². The minimum atomic E-state index is -0.681. The molecule has 0 spiro atoms. The Morgan fingerprint density at radius 3 is 2.42 bits per heavy atom. The van der Waals surface area contributed by atoms with Crippen molar-refractivity contribution in [3.8, 4) is 5.69 Å². The predicted octanol–water partition coefficient (Wildman–Crippen LogP) is 3.05. The van der Waals surface area contributed by atoms with Crippen molar-refractivity contribution in [2.45, 2.75) is 25.7 Å². The van der Waals surface area contributed by atoms with E-state index in [1.54, 1.807) is 41.1 Å². The summed E-state index contributed by atoms with van der Waals surface area (Å²) in [5, 5.41) is 9.58. The number of halogens is 1. The number of benzene rings is 2. The first-order valence-electron chi connectivity index (χ1n) is 10.6. The number of hydrogen-bond donors (Lipinski definition) is 2. The van der Waals surface area contributed by atoms with E-state index in [0.29, 0.717) is 23.4 Å². The molecular weight excluding hydrogens is 427 g/mol. The van der Waals surface area contributed by atoms with Gasteiger partial charge in [0.15, 0.2) is 12.3 Å². The van der Waals surface area contributed by atoms with Crippen molar-refractivity contribution in [3.05, 3.63) is 76.9 Å². The van der Waals surface area contributed by atoms with Gasteiger partial charge in [0.1, 0.15) is 5.82 Å². The van der Waals surface area contributed by atoms with Gasteiger partial charge >= 0.3 is 5.97 Å².